The van der Waals surface area contributed by atoms with Crippen LogP contribution in [-0.4, -0.2) is 31.7 Å². The van der Waals surface area contributed by atoms with Crippen molar-refractivity contribution >= 4 is 33.7 Å². The van der Waals surface area contributed by atoms with Gasteiger partial charge in [0, 0.05) is 29.1 Å². The fourth-order valence-corrected chi connectivity index (χ4v) is 3.06. The second-order valence-electron chi connectivity index (χ2n) is 6.09. The lowest BCUT2D eigenvalue weighted by atomic mass is 10.0. The van der Waals surface area contributed by atoms with E-state index in [0.717, 1.165) is 22.0 Å². The van der Waals surface area contributed by atoms with Crippen LogP contribution in [0.3, 0.4) is 0 Å². The van der Waals surface area contributed by atoms with Gasteiger partial charge in [0.05, 0.1) is 13.0 Å². The number of benzene rings is 2. The highest BCUT2D eigenvalue weighted by molar-refractivity contribution is 5.95. The molecule has 4 rings (SSSR count). The molecule has 2 heterocycles. The summed E-state index contributed by atoms with van der Waals surface area (Å²) in [5.74, 6) is -1.07. The molecule has 130 valence electrons. The number of Topliss-reactive ketones (excluding diaryl/α,β-unsaturated/α-hetero) is 1. The minimum absolute atomic E-state index is 0.0360. The van der Waals surface area contributed by atoms with E-state index in [4.69, 9.17) is 9.74 Å². The molecule has 0 aliphatic carbocycles. The molecule has 0 atom stereocenters. The van der Waals surface area contributed by atoms with Crippen molar-refractivity contribution in [3.05, 3.63) is 48.7 Å². The van der Waals surface area contributed by atoms with Crippen LogP contribution in [0.2, 0.25) is 0 Å². The van der Waals surface area contributed by atoms with Gasteiger partial charge in [-0.05, 0) is 40.1 Å². The molecule has 0 aliphatic rings. The van der Waals surface area contributed by atoms with E-state index in [1.807, 2.05) is 53.2 Å². The fraction of sp³-hybridized carbons (Fsp3) is 0.158. The Balaban J connectivity index is 1.64. The van der Waals surface area contributed by atoms with E-state index < -0.39 is 5.97 Å². The second-order valence-corrected chi connectivity index (χ2v) is 6.09. The minimum Gasteiger partial charge on any atom is -0.481 e. The van der Waals surface area contributed by atoms with Gasteiger partial charge in [-0.25, -0.2) is 4.63 Å². The summed E-state index contributed by atoms with van der Waals surface area (Å²) in [5, 5.41) is 17.5. The zero-order valence-electron chi connectivity index (χ0n) is 13.8. The maximum absolute atomic E-state index is 12.0. The van der Waals surface area contributed by atoms with Crippen LogP contribution in [0, 0.1) is 0 Å². The van der Waals surface area contributed by atoms with Gasteiger partial charge in [0.15, 0.2) is 5.78 Å². The number of hydrogen-bond donors (Lipinski definition) is 1. The average Bonchev–Trinajstić information content (AvgIpc) is 3.26. The molecule has 0 amide bonds. The predicted octanol–water partition coefficient (Wildman–Crippen LogP) is 3.28. The van der Waals surface area contributed by atoms with Crippen LogP contribution in [0.25, 0.3) is 33.1 Å². The number of rotatable bonds is 6. The van der Waals surface area contributed by atoms with Crippen molar-refractivity contribution in [2.75, 3.05) is 0 Å². The van der Waals surface area contributed by atoms with Crippen LogP contribution < -0.4 is 0 Å². The quantitative estimate of drug-likeness (QED) is 0.573. The van der Waals surface area contributed by atoms with E-state index in [1.54, 1.807) is 0 Å². The number of nitrogens with zero attached hydrogens (tertiary/aromatic N) is 3. The number of carboxylic acids is 1. The summed E-state index contributed by atoms with van der Waals surface area (Å²) in [7, 11) is 0. The zero-order valence-corrected chi connectivity index (χ0v) is 13.8. The number of fused-ring (bicyclic) bond motifs is 2. The van der Waals surface area contributed by atoms with Crippen LogP contribution in [-0.2, 0) is 16.1 Å². The number of hydrogen-bond acceptors (Lipinski definition) is 5. The molecule has 0 saturated heterocycles. The Morgan fingerprint density at radius 2 is 1.96 bits per heavy atom. The summed E-state index contributed by atoms with van der Waals surface area (Å²) in [5.41, 5.74) is 4.23. The van der Waals surface area contributed by atoms with Gasteiger partial charge in [-0.2, -0.15) is 0 Å². The van der Waals surface area contributed by atoms with E-state index >= 15 is 0 Å². The van der Waals surface area contributed by atoms with Gasteiger partial charge in [0.2, 0.25) is 0 Å². The van der Waals surface area contributed by atoms with Crippen molar-refractivity contribution in [3.63, 3.8) is 0 Å². The number of carbonyl (C=O) groups excluding carboxylic acids is 1. The van der Waals surface area contributed by atoms with Crippen molar-refractivity contribution < 1.29 is 19.3 Å². The van der Waals surface area contributed by atoms with Crippen molar-refractivity contribution in [2.45, 2.75) is 19.4 Å². The third-order valence-corrected chi connectivity index (χ3v) is 4.33. The Bertz CT molecular complexity index is 1130. The first-order chi connectivity index (χ1) is 12.6. The first-order valence-corrected chi connectivity index (χ1v) is 8.16. The van der Waals surface area contributed by atoms with Gasteiger partial charge in [-0.15, -0.1) is 0 Å². The van der Waals surface area contributed by atoms with Crippen molar-refractivity contribution in [3.8, 4) is 11.1 Å². The maximum atomic E-state index is 12.0. The lowest BCUT2D eigenvalue weighted by Crippen LogP contribution is -2.10. The summed E-state index contributed by atoms with van der Waals surface area (Å²) in [6, 6.07) is 13.6. The number of aromatic nitrogens is 3. The largest absolute Gasteiger partial charge is 0.481 e. The molecule has 7 heteroatoms. The standard InChI is InChI=1S/C19H15N3O4/c23-14(5-7-18(24)25)11-22-9-8-13-10-12(4-6-17(13)22)15-2-1-3-16-19(15)21-26-20-16/h1-4,6,8-10H,5,7,11H2,(H,24,25). The first kappa shape index (κ1) is 16.0. The van der Waals surface area contributed by atoms with E-state index in [2.05, 4.69) is 10.3 Å². The Labute approximate surface area is 147 Å². The Kier molecular flexibility index (Phi) is 3.96. The van der Waals surface area contributed by atoms with E-state index in [-0.39, 0.29) is 25.2 Å². The lowest BCUT2D eigenvalue weighted by molar-refractivity contribution is -0.138. The Morgan fingerprint density at radius 3 is 2.81 bits per heavy atom. The third kappa shape index (κ3) is 2.95. The molecule has 2 aromatic carbocycles. The van der Waals surface area contributed by atoms with Crippen molar-refractivity contribution in [1.82, 2.24) is 14.9 Å². The molecule has 0 aliphatic heterocycles. The van der Waals surface area contributed by atoms with Crippen LogP contribution in [0.15, 0.2) is 53.3 Å². The molecule has 0 spiro atoms. The second kappa shape index (κ2) is 6.44. The molecule has 0 saturated carbocycles. The van der Waals surface area contributed by atoms with Gasteiger partial charge >= 0.3 is 5.97 Å². The molecular weight excluding hydrogens is 334 g/mol. The summed E-state index contributed by atoms with van der Waals surface area (Å²) in [6.45, 7) is 0.166. The molecule has 1 N–H and O–H groups in total. The monoisotopic (exact) mass is 349 g/mol. The van der Waals surface area contributed by atoms with Gasteiger partial charge < -0.3 is 9.67 Å². The van der Waals surface area contributed by atoms with Gasteiger partial charge in [-0.3, -0.25) is 9.59 Å². The molecule has 0 bridgehead atoms. The summed E-state index contributed by atoms with van der Waals surface area (Å²) >= 11 is 0. The molecule has 26 heavy (non-hydrogen) atoms. The molecular formula is C19H15N3O4. The van der Waals surface area contributed by atoms with Gasteiger partial charge in [-0.1, -0.05) is 18.2 Å². The molecule has 0 unspecified atom stereocenters. The first-order valence-electron chi connectivity index (χ1n) is 8.16. The Hall–Kier alpha value is -3.48. The SMILES string of the molecule is O=C(O)CCC(=O)Cn1ccc2cc(-c3cccc4nonc34)ccc21. The summed E-state index contributed by atoms with van der Waals surface area (Å²) in [6.07, 6.45) is 1.73. The van der Waals surface area contributed by atoms with E-state index in [9.17, 15) is 9.59 Å². The summed E-state index contributed by atoms with van der Waals surface area (Å²) in [4.78, 5) is 22.5. The molecule has 0 fully saturated rings. The molecule has 7 nitrogen and oxygen atoms in total. The number of carbonyl (C=O) groups is 2. The van der Waals surface area contributed by atoms with Gasteiger partial charge in [0.25, 0.3) is 0 Å². The number of carboxylic acid groups (broad SMARTS) is 1. The van der Waals surface area contributed by atoms with Crippen LogP contribution in [0.5, 0.6) is 0 Å². The summed E-state index contributed by atoms with van der Waals surface area (Å²) < 4.78 is 6.65. The predicted molar refractivity (Wildman–Crippen MR) is 94.6 cm³/mol. The third-order valence-electron chi connectivity index (χ3n) is 4.33. The number of aliphatic carboxylic acids is 1. The van der Waals surface area contributed by atoms with Crippen molar-refractivity contribution in [1.29, 1.82) is 0 Å². The van der Waals surface area contributed by atoms with E-state index in [1.165, 1.54) is 0 Å². The zero-order chi connectivity index (χ0) is 18.1. The molecule has 2 aromatic heterocycles. The lowest BCUT2D eigenvalue weighted by Gasteiger charge is -2.06. The maximum Gasteiger partial charge on any atom is 0.303 e. The van der Waals surface area contributed by atoms with Gasteiger partial charge in [0.1, 0.15) is 11.0 Å². The van der Waals surface area contributed by atoms with Crippen LogP contribution in [0.4, 0.5) is 0 Å². The highest BCUT2D eigenvalue weighted by Crippen LogP contribution is 2.29. The average molecular weight is 349 g/mol. The van der Waals surface area contributed by atoms with Crippen LogP contribution >= 0.6 is 0 Å². The Morgan fingerprint density at radius 1 is 1.08 bits per heavy atom. The highest BCUT2D eigenvalue weighted by Gasteiger charge is 2.12. The minimum atomic E-state index is -0.961. The highest BCUT2D eigenvalue weighted by atomic mass is 16.6. The number of ketones is 1. The molecule has 0 radical (unpaired) electrons. The molecule has 4 aromatic rings. The normalized spacial score (nSPS) is 11.2. The van der Waals surface area contributed by atoms with E-state index in [0.29, 0.717) is 11.0 Å². The van der Waals surface area contributed by atoms with Crippen molar-refractivity contribution in [2.24, 2.45) is 0 Å². The smallest absolute Gasteiger partial charge is 0.303 e. The fourth-order valence-electron chi connectivity index (χ4n) is 3.06. The topological polar surface area (TPSA) is 98.2 Å². The van der Waals surface area contributed by atoms with Crippen LogP contribution in [0.1, 0.15) is 12.8 Å².